The van der Waals surface area contributed by atoms with Gasteiger partial charge in [0.25, 0.3) is 0 Å². The molecule has 0 aliphatic heterocycles. The lowest BCUT2D eigenvalue weighted by atomic mass is 10.2. The van der Waals surface area contributed by atoms with E-state index < -0.39 is 0 Å². The van der Waals surface area contributed by atoms with Crippen molar-refractivity contribution in [3.63, 3.8) is 0 Å². The number of carbonyl (C=O) groups is 1. The molecule has 2 aromatic carbocycles. The first-order chi connectivity index (χ1) is 13.1. The monoisotopic (exact) mass is 399 g/mol. The van der Waals surface area contributed by atoms with Crippen molar-refractivity contribution in [2.45, 2.75) is 23.9 Å². The molecule has 0 unspecified atom stereocenters. The number of hydrogen-bond donors (Lipinski definition) is 1. The first kappa shape index (κ1) is 19.4. The zero-order chi connectivity index (χ0) is 19.1. The van der Waals surface area contributed by atoms with Crippen molar-refractivity contribution in [2.75, 3.05) is 18.1 Å². The van der Waals surface area contributed by atoms with Crippen LogP contribution in [0.2, 0.25) is 0 Å². The maximum absolute atomic E-state index is 12.1. The molecule has 0 aliphatic rings. The highest BCUT2D eigenvalue weighted by Crippen LogP contribution is 2.19. The molecule has 1 aromatic heterocycles. The molecule has 27 heavy (non-hydrogen) atoms. The molecule has 0 fully saturated rings. The standard InChI is InChI=1S/C19H21N5OS2/c1-14-3-7-16(8-4-14)24-19(21-22-23-24)27-13-18(25)20-11-12-26-17-9-5-15(2)6-10-17/h3-10H,11-13H2,1-2H3,(H,20,25). The maximum Gasteiger partial charge on any atom is 0.230 e. The van der Waals surface area contributed by atoms with Gasteiger partial charge in [-0.1, -0.05) is 47.2 Å². The van der Waals surface area contributed by atoms with Crippen LogP contribution in [0.1, 0.15) is 11.1 Å². The van der Waals surface area contributed by atoms with Gasteiger partial charge in [-0.15, -0.1) is 16.9 Å². The summed E-state index contributed by atoms with van der Waals surface area (Å²) in [6.45, 7) is 4.73. The van der Waals surface area contributed by atoms with Gasteiger partial charge in [-0.2, -0.15) is 4.68 Å². The van der Waals surface area contributed by atoms with Gasteiger partial charge in [0.05, 0.1) is 11.4 Å². The molecule has 1 N–H and O–H groups in total. The number of rotatable bonds is 8. The van der Waals surface area contributed by atoms with E-state index in [-0.39, 0.29) is 11.7 Å². The molecule has 140 valence electrons. The first-order valence-electron chi connectivity index (χ1n) is 8.56. The van der Waals surface area contributed by atoms with Crippen LogP contribution in [0.4, 0.5) is 0 Å². The average Bonchev–Trinajstić information content (AvgIpc) is 3.14. The highest BCUT2D eigenvalue weighted by molar-refractivity contribution is 7.99. The summed E-state index contributed by atoms with van der Waals surface area (Å²) in [5.41, 5.74) is 3.30. The molecule has 0 atom stereocenters. The van der Waals surface area contributed by atoms with Gasteiger partial charge >= 0.3 is 0 Å². The second-order valence-electron chi connectivity index (χ2n) is 6.01. The Morgan fingerprint density at radius 3 is 2.37 bits per heavy atom. The van der Waals surface area contributed by atoms with Gasteiger partial charge in [-0.25, -0.2) is 0 Å². The fourth-order valence-electron chi connectivity index (χ4n) is 2.29. The predicted molar refractivity (Wildman–Crippen MR) is 110 cm³/mol. The second-order valence-corrected chi connectivity index (χ2v) is 8.12. The van der Waals surface area contributed by atoms with Crippen LogP contribution in [0.15, 0.2) is 58.6 Å². The van der Waals surface area contributed by atoms with Crippen molar-refractivity contribution >= 4 is 29.4 Å². The molecule has 0 saturated heterocycles. The van der Waals surface area contributed by atoms with Gasteiger partial charge in [0.1, 0.15) is 0 Å². The molecular weight excluding hydrogens is 378 g/mol. The molecule has 0 bridgehead atoms. The van der Waals surface area contributed by atoms with Crippen molar-refractivity contribution in [1.29, 1.82) is 0 Å². The highest BCUT2D eigenvalue weighted by Gasteiger charge is 2.11. The summed E-state index contributed by atoms with van der Waals surface area (Å²) in [7, 11) is 0. The molecule has 0 saturated carbocycles. The van der Waals surface area contributed by atoms with Gasteiger partial charge in [-0.3, -0.25) is 4.79 Å². The van der Waals surface area contributed by atoms with Crippen molar-refractivity contribution in [3.05, 3.63) is 59.7 Å². The van der Waals surface area contributed by atoms with Gasteiger partial charge in [0.15, 0.2) is 0 Å². The quantitative estimate of drug-likeness (QED) is 0.463. The Kier molecular flexibility index (Phi) is 6.89. The van der Waals surface area contributed by atoms with Crippen LogP contribution in [0.3, 0.4) is 0 Å². The summed E-state index contributed by atoms with van der Waals surface area (Å²) in [4.78, 5) is 13.3. The Balaban J connectivity index is 1.42. The third kappa shape index (κ3) is 5.83. The minimum atomic E-state index is -0.0250. The van der Waals surface area contributed by atoms with Crippen LogP contribution in [0.25, 0.3) is 5.69 Å². The summed E-state index contributed by atoms with van der Waals surface area (Å²) in [5, 5.41) is 15.3. The number of carbonyl (C=O) groups excluding carboxylic acids is 1. The van der Waals surface area contributed by atoms with Crippen LogP contribution in [-0.4, -0.2) is 44.2 Å². The van der Waals surface area contributed by atoms with E-state index in [1.165, 1.54) is 27.8 Å². The number of aryl methyl sites for hydroxylation is 2. The van der Waals surface area contributed by atoms with Crippen LogP contribution >= 0.6 is 23.5 Å². The topological polar surface area (TPSA) is 72.7 Å². The van der Waals surface area contributed by atoms with E-state index in [2.05, 4.69) is 52.0 Å². The predicted octanol–water partition coefficient (Wildman–Crippen LogP) is 3.28. The Labute approximate surface area is 167 Å². The van der Waals surface area contributed by atoms with Crippen molar-refractivity contribution in [3.8, 4) is 5.69 Å². The van der Waals surface area contributed by atoms with E-state index in [0.29, 0.717) is 11.7 Å². The van der Waals surface area contributed by atoms with Crippen molar-refractivity contribution in [1.82, 2.24) is 25.5 Å². The minimum Gasteiger partial charge on any atom is -0.355 e. The second kappa shape index (κ2) is 9.57. The van der Waals surface area contributed by atoms with Crippen molar-refractivity contribution < 1.29 is 4.79 Å². The van der Waals surface area contributed by atoms with Gasteiger partial charge in [0, 0.05) is 17.2 Å². The number of benzene rings is 2. The molecule has 8 heteroatoms. The number of nitrogens with one attached hydrogen (secondary N) is 1. The number of hydrogen-bond acceptors (Lipinski definition) is 6. The van der Waals surface area contributed by atoms with E-state index in [1.807, 2.05) is 31.2 Å². The van der Waals surface area contributed by atoms with Crippen LogP contribution in [0.5, 0.6) is 0 Å². The van der Waals surface area contributed by atoms with E-state index in [4.69, 9.17) is 0 Å². The third-order valence-electron chi connectivity index (χ3n) is 3.77. The fraction of sp³-hybridized carbons (Fsp3) is 0.263. The lowest BCUT2D eigenvalue weighted by Crippen LogP contribution is -2.27. The van der Waals surface area contributed by atoms with Gasteiger partial charge in [-0.05, 0) is 48.5 Å². The number of amides is 1. The molecule has 0 aliphatic carbocycles. The lowest BCUT2D eigenvalue weighted by Gasteiger charge is -2.06. The normalized spacial score (nSPS) is 10.7. The fourth-order valence-corrected chi connectivity index (χ4v) is 3.78. The smallest absolute Gasteiger partial charge is 0.230 e. The van der Waals surface area contributed by atoms with Crippen LogP contribution in [0, 0.1) is 13.8 Å². The minimum absolute atomic E-state index is 0.0250. The number of thioether (sulfide) groups is 2. The van der Waals surface area contributed by atoms with Gasteiger partial charge in [0.2, 0.25) is 11.1 Å². The molecule has 1 heterocycles. The largest absolute Gasteiger partial charge is 0.355 e. The molecule has 0 spiro atoms. The zero-order valence-electron chi connectivity index (χ0n) is 15.3. The number of aromatic nitrogens is 4. The third-order valence-corrected chi connectivity index (χ3v) is 5.70. The Morgan fingerprint density at radius 2 is 1.67 bits per heavy atom. The summed E-state index contributed by atoms with van der Waals surface area (Å²) in [6.07, 6.45) is 0. The van der Waals surface area contributed by atoms with E-state index in [1.54, 1.807) is 16.4 Å². The van der Waals surface area contributed by atoms with E-state index in [9.17, 15) is 4.79 Å². The molecule has 3 rings (SSSR count). The Bertz CT molecular complexity index is 878. The van der Waals surface area contributed by atoms with Crippen molar-refractivity contribution in [2.24, 2.45) is 0 Å². The van der Waals surface area contributed by atoms with E-state index in [0.717, 1.165) is 11.4 Å². The zero-order valence-corrected chi connectivity index (χ0v) is 16.9. The first-order valence-corrected chi connectivity index (χ1v) is 10.5. The molecule has 6 nitrogen and oxygen atoms in total. The summed E-state index contributed by atoms with van der Waals surface area (Å²) < 4.78 is 1.64. The SMILES string of the molecule is Cc1ccc(SCCNC(=O)CSc2nnnn2-c2ccc(C)cc2)cc1. The Hall–Kier alpha value is -2.32. The Morgan fingerprint density at radius 1 is 1.00 bits per heavy atom. The molecule has 0 radical (unpaired) electrons. The summed E-state index contributed by atoms with van der Waals surface area (Å²) in [6, 6.07) is 16.3. The lowest BCUT2D eigenvalue weighted by molar-refractivity contribution is -0.118. The number of nitrogens with zero attached hydrogens (tertiary/aromatic N) is 4. The average molecular weight is 400 g/mol. The van der Waals surface area contributed by atoms with Crippen LogP contribution in [-0.2, 0) is 4.79 Å². The summed E-state index contributed by atoms with van der Waals surface area (Å²) in [5.74, 6) is 1.09. The number of tetrazole rings is 1. The van der Waals surface area contributed by atoms with Crippen LogP contribution < -0.4 is 5.32 Å². The summed E-state index contributed by atoms with van der Waals surface area (Å²) >= 11 is 3.05. The maximum atomic E-state index is 12.1. The molecular formula is C19H21N5OS2. The highest BCUT2D eigenvalue weighted by atomic mass is 32.2. The van der Waals surface area contributed by atoms with Gasteiger partial charge < -0.3 is 5.32 Å². The van der Waals surface area contributed by atoms with E-state index >= 15 is 0 Å². The molecule has 3 aromatic rings. The molecule has 1 amide bonds.